The minimum Gasteiger partial charge on any atom is -0.497 e. The molecule has 28 heavy (non-hydrogen) atoms. The first-order valence-corrected chi connectivity index (χ1v) is 9.12. The number of hydrazone groups is 1. The van der Waals surface area contributed by atoms with Gasteiger partial charge in [-0.25, -0.2) is 0 Å². The molecule has 0 aliphatic carbocycles. The molecule has 0 saturated heterocycles. The highest BCUT2D eigenvalue weighted by molar-refractivity contribution is 7.80. The van der Waals surface area contributed by atoms with E-state index < -0.39 is 0 Å². The van der Waals surface area contributed by atoms with Gasteiger partial charge in [0, 0.05) is 5.69 Å². The first-order chi connectivity index (χ1) is 13.6. The van der Waals surface area contributed by atoms with Crippen molar-refractivity contribution in [3.05, 3.63) is 83.9 Å². The van der Waals surface area contributed by atoms with E-state index in [0.29, 0.717) is 5.11 Å². The van der Waals surface area contributed by atoms with Crippen LogP contribution in [0, 0.1) is 6.92 Å². The van der Waals surface area contributed by atoms with Gasteiger partial charge in [-0.05, 0) is 85.4 Å². The van der Waals surface area contributed by atoms with Gasteiger partial charge >= 0.3 is 0 Å². The second-order valence-corrected chi connectivity index (χ2v) is 6.45. The molecule has 3 rings (SSSR count). The van der Waals surface area contributed by atoms with Crippen LogP contribution in [0.3, 0.4) is 0 Å². The van der Waals surface area contributed by atoms with Crippen molar-refractivity contribution in [2.24, 2.45) is 5.10 Å². The number of hydrogen-bond acceptors (Lipinski definition) is 4. The van der Waals surface area contributed by atoms with Gasteiger partial charge in [0.2, 0.25) is 0 Å². The molecule has 0 spiro atoms. The van der Waals surface area contributed by atoms with Crippen LogP contribution in [0.5, 0.6) is 17.2 Å². The molecule has 0 bridgehead atoms. The van der Waals surface area contributed by atoms with Gasteiger partial charge in [-0.2, -0.15) is 5.10 Å². The molecule has 0 atom stereocenters. The predicted octanol–water partition coefficient (Wildman–Crippen LogP) is 5.12. The number of aryl methyl sites for hydroxylation is 1. The van der Waals surface area contributed by atoms with E-state index in [-0.39, 0.29) is 0 Å². The highest BCUT2D eigenvalue weighted by atomic mass is 32.1. The topological polar surface area (TPSA) is 54.9 Å². The smallest absolute Gasteiger partial charge is 0.191 e. The van der Waals surface area contributed by atoms with E-state index in [9.17, 15) is 0 Å². The highest BCUT2D eigenvalue weighted by Gasteiger charge is 1.99. The molecule has 0 aromatic heterocycles. The maximum atomic E-state index is 5.81. The molecule has 0 fully saturated rings. The van der Waals surface area contributed by atoms with Crippen molar-refractivity contribution in [2.75, 3.05) is 12.4 Å². The van der Waals surface area contributed by atoms with Gasteiger partial charge in [-0.3, -0.25) is 5.43 Å². The molecule has 0 unspecified atom stereocenters. The van der Waals surface area contributed by atoms with Crippen LogP contribution in [0.1, 0.15) is 11.1 Å². The summed E-state index contributed by atoms with van der Waals surface area (Å²) in [6.45, 7) is 2.05. The standard InChI is InChI=1S/C22H21N3O2S/c1-16-3-9-20(10-4-16)27-21-11-5-17(6-12-21)15-23-25-22(28)24-18-7-13-19(26-2)14-8-18/h3-15H,1-2H3,(H2,24,25,28)/b23-15+. The van der Waals surface area contributed by atoms with Crippen LogP contribution < -0.4 is 20.2 Å². The van der Waals surface area contributed by atoms with E-state index in [2.05, 4.69) is 15.8 Å². The highest BCUT2D eigenvalue weighted by Crippen LogP contribution is 2.21. The molecule has 0 saturated carbocycles. The Bertz CT molecular complexity index is 937. The van der Waals surface area contributed by atoms with Gasteiger partial charge in [0.25, 0.3) is 0 Å². The van der Waals surface area contributed by atoms with Crippen molar-refractivity contribution >= 4 is 29.2 Å². The molecule has 3 aromatic rings. The van der Waals surface area contributed by atoms with Crippen LogP contribution in [0.4, 0.5) is 5.69 Å². The van der Waals surface area contributed by atoms with Gasteiger partial charge in [0.1, 0.15) is 17.2 Å². The maximum absolute atomic E-state index is 5.81. The Morgan fingerprint density at radius 1 is 0.857 bits per heavy atom. The number of methoxy groups -OCH3 is 1. The second kappa shape index (κ2) is 9.53. The Morgan fingerprint density at radius 3 is 2.04 bits per heavy atom. The van der Waals surface area contributed by atoms with Crippen LogP contribution in [0.2, 0.25) is 0 Å². The van der Waals surface area contributed by atoms with Gasteiger partial charge in [-0.15, -0.1) is 0 Å². The normalized spacial score (nSPS) is 10.5. The summed E-state index contributed by atoms with van der Waals surface area (Å²) in [5.74, 6) is 2.37. The maximum Gasteiger partial charge on any atom is 0.191 e. The first kappa shape index (κ1) is 19.4. The Hall–Kier alpha value is -3.38. The summed E-state index contributed by atoms with van der Waals surface area (Å²) >= 11 is 5.23. The summed E-state index contributed by atoms with van der Waals surface area (Å²) in [5, 5.41) is 7.60. The zero-order valence-corrected chi connectivity index (χ0v) is 16.5. The van der Waals surface area contributed by atoms with Crippen LogP contribution >= 0.6 is 12.2 Å². The van der Waals surface area contributed by atoms with Crippen LogP contribution in [-0.2, 0) is 0 Å². The molecule has 0 radical (unpaired) electrons. The molecular formula is C22H21N3O2S. The molecular weight excluding hydrogens is 370 g/mol. The summed E-state index contributed by atoms with van der Waals surface area (Å²) in [5.41, 5.74) is 5.77. The third-order valence-electron chi connectivity index (χ3n) is 3.86. The lowest BCUT2D eigenvalue weighted by Crippen LogP contribution is -2.23. The number of benzene rings is 3. The minimum absolute atomic E-state index is 0.403. The lowest BCUT2D eigenvalue weighted by Gasteiger charge is -2.08. The van der Waals surface area contributed by atoms with Gasteiger partial charge in [-0.1, -0.05) is 17.7 Å². The third-order valence-corrected chi connectivity index (χ3v) is 4.06. The Balaban J connectivity index is 1.49. The third kappa shape index (κ3) is 5.82. The number of nitrogens with zero attached hydrogens (tertiary/aromatic N) is 1. The SMILES string of the molecule is COc1ccc(NC(=S)N/N=C/c2ccc(Oc3ccc(C)cc3)cc2)cc1. The van der Waals surface area contributed by atoms with E-state index in [4.69, 9.17) is 21.7 Å². The summed E-state index contributed by atoms with van der Waals surface area (Å²) in [4.78, 5) is 0. The van der Waals surface area contributed by atoms with Gasteiger partial charge < -0.3 is 14.8 Å². The molecule has 0 heterocycles. The van der Waals surface area contributed by atoms with E-state index in [1.54, 1.807) is 13.3 Å². The summed E-state index contributed by atoms with van der Waals surface area (Å²) < 4.78 is 10.9. The summed E-state index contributed by atoms with van der Waals surface area (Å²) in [6.07, 6.45) is 1.69. The lowest BCUT2D eigenvalue weighted by atomic mass is 10.2. The van der Waals surface area contributed by atoms with Crippen LogP contribution in [-0.4, -0.2) is 18.4 Å². The van der Waals surface area contributed by atoms with Crippen LogP contribution in [0.25, 0.3) is 0 Å². The molecule has 2 N–H and O–H groups in total. The quantitative estimate of drug-likeness (QED) is 0.347. The number of ether oxygens (including phenoxy) is 2. The van der Waals surface area contributed by atoms with E-state index in [1.807, 2.05) is 79.7 Å². The molecule has 6 heteroatoms. The number of rotatable bonds is 6. The molecule has 0 aliphatic rings. The minimum atomic E-state index is 0.403. The van der Waals surface area contributed by atoms with Gasteiger partial charge in [0.15, 0.2) is 5.11 Å². The number of nitrogens with one attached hydrogen (secondary N) is 2. The van der Waals surface area contributed by atoms with E-state index in [0.717, 1.165) is 28.5 Å². The van der Waals surface area contributed by atoms with E-state index >= 15 is 0 Å². The monoisotopic (exact) mass is 391 g/mol. The second-order valence-electron chi connectivity index (χ2n) is 6.04. The molecule has 0 aliphatic heterocycles. The zero-order valence-electron chi connectivity index (χ0n) is 15.7. The van der Waals surface area contributed by atoms with Gasteiger partial charge in [0.05, 0.1) is 13.3 Å². The Kier molecular flexibility index (Phi) is 6.59. The zero-order chi connectivity index (χ0) is 19.8. The Labute approximate surface area is 170 Å². The van der Waals surface area contributed by atoms with Crippen molar-refractivity contribution in [1.82, 2.24) is 5.43 Å². The fraction of sp³-hybridized carbons (Fsp3) is 0.0909. The Morgan fingerprint density at radius 2 is 1.43 bits per heavy atom. The molecule has 0 amide bonds. The van der Waals surface area contributed by atoms with Crippen molar-refractivity contribution < 1.29 is 9.47 Å². The molecule has 5 nitrogen and oxygen atoms in total. The first-order valence-electron chi connectivity index (χ1n) is 8.71. The largest absolute Gasteiger partial charge is 0.497 e. The number of hydrogen-bond donors (Lipinski definition) is 2. The average Bonchev–Trinajstić information content (AvgIpc) is 2.71. The summed E-state index contributed by atoms with van der Waals surface area (Å²) in [7, 11) is 1.63. The predicted molar refractivity (Wildman–Crippen MR) is 118 cm³/mol. The summed E-state index contributed by atoms with van der Waals surface area (Å²) in [6, 6.07) is 23.1. The van der Waals surface area contributed by atoms with Crippen LogP contribution in [0.15, 0.2) is 77.9 Å². The average molecular weight is 391 g/mol. The van der Waals surface area contributed by atoms with E-state index in [1.165, 1.54) is 5.56 Å². The van der Waals surface area contributed by atoms with Crippen molar-refractivity contribution in [2.45, 2.75) is 6.92 Å². The fourth-order valence-electron chi connectivity index (χ4n) is 2.36. The number of anilines is 1. The molecule has 142 valence electrons. The van der Waals surface area contributed by atoms with Crippen molar-refractivity contribution in [3.8, 4) is 17.2 Å². The lowest BCUT2D eigenvalue weighted by molar-refractivity contribution is 0.415. The van der Waals surface area contributed by atoms with Crippen molar-refractivity contribution in [3.63, 3.8) is 0 Å². The van der Waals surface area contributed by atoms with Crippen molar-refractivity contribution in [1.29, 1.82) is 0 Å². The fourth-order valence-corrected chi connectivity index (χ4v) is 2.53. The number of thiocarbonyl (C=S) groups is 1. The molecule has 3 aromatic carbocycles.